The molecule has 0 N–H and O–H groups in total. The summed E-state index contributed by atoms with van der Waals surface area (Å²) in [6, 6.07) is 9.28. The molecule has 1 saturated carbocycles. The number of thioether (sulfide) groups is 1. The number of hydrogen-bond donors (Lipinski definition) is 0. The third kappa shape index (κ3) is 7.77. The molecule has 0 spiro atoms. The molecule has 1 aromatic rings. The average molecular weight is 473 g/mol. The molecule has 0 amide bonds. The lowest BCUT2D eigenvalue weighted by Crippen LogP contribution is -2.29. The van der Waals surface area contributed by atoms with Gasteiger partial charge in [-0.15, -0.1) is 11.8 Å². The van der Waals surface area contributed by atoms with E-state index in [1.54, 1.807) is 17.3 Å². The van der Waals surface area contributed by atoms with Crippen molar-refractivity contribution in [1.82, 2.24) is 0 Å². The fraction of sp³-hybridized carbons (Fsp3) is 0.455. The summed E-state index contributed by atoms with van der Waals surface area (Å²) in [7, 11) is 0. The van der Waals surface area contributed by atoms with Crippen molar-refractivity contribution in [2.75, 3.05) is 0 Å². The maximum Gasteiger partial charge on any atom is 0.00664 e. The summed E-state index contributed by atoms with van der Waals surface area (Å²) in [5.41, 5.74) is 6.52. The predicted molar refractivity (Wildman–Crippen MR) is 154 cm³/mol. The van der Waals surface area contributed by atoms with Crippen LogP contribution < -0.4 is 0 Å². The Labute approximate surface area is 213 Å². The summed E-state index contributed by atoms with van der Waals surface area (Å²) in [6.07, 6.45) is 20.2. The van der Waals surface area contributed by atoms with Crippen LogP contribution in [0.4, 0.5) is 0 Å². The molecule has 2 aliphatic rings. The van der Waals surface area contributed by atoms with Gasteiger partial charge in [0.05, 0.1) is 0 Å². The lowest BCUT2D eigenvalue weighted by molar-refractivity contribution is 0.199. The first-order chi connectivity index (χ1) is 16.1. The lowest BCUT2D eigenvalue weighted by atomic mass is 9.63. The third-order valence-electron chi connectivity index (χ3n) is 7.45. The smallest absolute Gasteiger partial charge is 0.00664 e. The van der Waals surface area contributed by atoms with Crippen molar-refractivity contribution in [3.8, 4) is 0 Å². The van der Waals surface area contributed by atoms with Crippen LogP contribution in [-0.4, -0.2) is 0 Å². The van der Waals surface area contributed by atoms with Gasteiger partial charge in [0.15, 0.2) is 0 Å². The Hall–Kier alpha value is -1.99. The Bertz CT molecular complexity index is 978. The highest BCUT2D eigenvalue weighted by Crippen LogP contribution is 2.48. The molecule has 1 aromatic carbocycles. The van der Waals surface area contributed by atoms with Gasteiger partial charge in [-0.05, 0) is 82.3 Å². The van der Waals surface area contributed by atoms with Crippen LogP contribution in [0.1, 0.15) is 83.8 Å². The van der Waals surface area contributed by atoms with Crippen LogP contribution in [0.5, 0.6) is 0 Å². The highest BCUT2D eigenvalue weighted by atomic mass is 32.2. The van der Waals surface area contributed by atoms with Gasteiger partial charge in [0.25, 0.3) is 0 Å². The van der Waals surface area contributed by atoms with Crippen molar-refractivity contribution in [3.63, 3.8) is 0 Å². The molecular weight excluding hydrogens is 428 g/mol. The van der Waals surface area contributed by atoms with Gasteiger partial charge in [-0.2, -0.15) is 0 Å². The Balaban J connectivity index is 1.67. The van der Waals surface area contributed by atoms with Gasteiger partial charge in [0, 0.05) is 5.92 Å². The predicted octanol–water partition coefficient (Wildman–Crippen LogP) is 10.3. The zero-order valence-electron chi connectivity index (χ0n) is 22.1. The normalized spacial score (nSPS) is 26.4. The lowest BCUT2D eigenvalue weighted by Gasteiger charge is -2.42. The molecule has 2 unspecified atom stereocenters. The van der Waals surface area contributed by atoms with Gasteiger partial charge in [-0.25, -0.2) is 0 Å². The van der Waals surface area contributed by atoms with E-state index in [0.717, 1.165) is 19.3 Å². The van der Waals surface area contributed by atoms with E-state index in [4.69, 9.17) is 0 Å². The van der Waals surface area contributed by atoms with Gasteiger partial charge in [0.1, 0.15) is 0 Å². The summed E-state index contributed by atoms with van der Waals surface area (Å²) in [6.45, 7) is 20.2. The molecule has 0 aromatic heterocycles. The first-order valence-corrected chi connectivity index (χ1v) is 13.8. The number of rotatable bonds is 7. The highest BCUT2D eigenvalue weighted by Gasteiger charge is 2.35. The molecule has 0 radical (unpaired) electrons. The molecule has 0 nitrogen and oxygen atoms in total. The molecule has 34 heavy (non-hydrogen) atoms. The summed E-state index contributed by atoms with van der Waals surface area (Å²) in [4.78, 5) is 1.23. The summed E-state index contributed by atoms with van der Waals surface area (Å²) >= 11 is 1.74. The number of benzene rings is 1. The first-order valence-electron chi connectivity index (χ1n) is 12.9. The Kier molecular flexibility index (Phi) is 9.10. The van der Waals surface area contributed by atoms with Crippen molar-refractivity contribution in [3.05, 3.63) is 106 Å². The van der Waals surface area contributed by atoms with E-state index in [-0.39, 0.29) is 0 Å². The van der Waals surface area contributed by atoms with Crippen LogP contribution >= 0.6 is 11.8 Å². The minimum atomic E-state index is 0.292. The molecule has 1 aliphatic heterocycles. The van der Waals surface area contributed by atoms with Crippen molar-refractivity contribution >= 4 is 11.8 Å². The molecule has 1 fully saturated rings. The Morgan fingerprint density at radius 1 is 1.12 bits per heavy atom. The monoisotopic (exact) mass is 472 g/mol. The molecule has 0 saturated heterocycles. The third-order valence-corrected chi connectivity index (χ3v) is 8.24. The molecule has 182 valence electrons. The van der Waals surface area contributed by atoms with Gasteiger partial charge in [-0.1, -0.05) is 114 Å². The Morgan fingerprint density at radius 2 is 1.85 bits per heavy atom. The van der Waals surface area contributed by atoms with E-state index in [9.17, 15) is 0 Å². The maximum atomic E-state index is 4.21. The Morgan fingerprint density at radius 3 is 2.56 bits per heavy atom. The average Bonchev–Trinajstić information content (AvgIpc) is 2.74. The minimum Gasteiger partial charge on any atom is -0.103 e. The zero-order valence-corrected chi connectivity index (χ0v) is 22.9. The van der Waals surface area contributed by atoms with Gasteiger partial charge in [-0.3, -0.25) is 0 Å². The van der Waals surface area contributed by atoms with Gasteiger partial charge < -0.3 is 0 Å². The molecule has 0 bridgehead atoms. The quantitative estimate of drug-likeness (QED) is 0.356. The van der Waals surface area contributed by atoms with E-state index in [1.165, 1.54) is 40.9 Å². The van der Waals surface area contributed by atoms with E-state index in [0.29, 0.717) is 22.7 Å². The summed E-state index contributed by atoms with van der Waals surface area (Å²) in [5, 5.41) is 2.11. The van der Waals surface area contributed by atoms with Crippen LogP contribution in [-0.2, 0) is 6.42 Å². The second-order valence-corrected chi connectivity index (χ2v) is 12.9. The van der Waals surface area contributed by atoms with Gasteiger partial charge in [0.2, 0.25) is 0 Å². The minimum absolute atomic E-state index is 0.292. The SMILES string of the molecule is C=C/C=C(\C=C1/CC(C)(C)CCC1(C)C)CC(C)Cc1ccc(C2/C=C/C=C\SC(=C)C2)cc1. The second-order valence-electron chi connectivity index (χ2n) is 11.8. The summed E-state index contributed by atoms with van der Waals surface area (Å²) < 4.78 is 0. The van der Waals surface area contributed by atoms with E-state index in [1.807, 2.05) is 6.08 Å². The fourth-order valence-electron chi connectivity index (χ4n) is 5.20. The number of hydrogen-bond acceptors (Lipinski definition) is 1. The molecule has 1 aliphatic carbocycles. The maximum absolute atomic E-state index is 4.21. The van der Waals surface area contributed by atoms with Crippen LogP contribution in [0.2, 0.25) is 0 Å². The zero-order chi connectivity index (χ0) is 24.8. The van der Waals surface area contributed by atoms with E-state index in [2.05, 4.69) is 108 Å². The van der Waals surface area contributed by atoms with Crippen molar-refractivity contribution in [2.45, 2.75) is 79.1 Å². The first kappa shape index (κ1) is 26.6. The molecule has 3 rings (SSSR count). The molecule has 2 atom stereocenters. The second kappa shape index (κ2) is 11.6. The standard InChI is InChI=1S/C33H44S/c1-8-11-28(23-31-24-32(4,5)17-18-33(31,6)7)21-25(2)20-27-13-15-29(16-14-27)30-12-9-10-19-34-26(3)22-30/h8-16,19,23,25,30H,1,3,17-18,20-22,24H2,2,4-7H3/b12-9+,19-10-,28-11-,31-23+. The molecule has 1 heteroatoms. The van der Waals surface area contributed by atoms with Crippen LogP contribution in [0, 0.1) is 16.7 Å². The fourth-order valence-corrected chi connectivity index (χ4v) is 5.84. The van der Waals surface area contributed by atoms with E-state index >= 15 is 0 Å². The summed E-state index contributed by atoms with van der Waals surface area (Å²) in [5.74, 6) is 0.990. The van der Waals surface area contributed by atoms with Gasteiger partial charge >= 0.3 is 0 Å². The highest BCUT2D eigenvalue weighted by molar-refractivity contribution is 8.05. The van der Waals surface area contributed by atoms with Crippen molar-refractivity contribution in [1.29, 1.82) is 0 Å². The number of allylic oxidation sites excluding steroid dienone is 9. The largest absolute Gasteiger partial charge is 0.103 e. The van der Waals surface area contributed by atoms with Crippen LogP contribution in [0.3, 0.4) is 0 Å². The van der Waals surface area contributed by atoms with E-state index < -0.39 is 0 Å². The molecule has 1 heterocycles. The topological polar surface area (TPSA) is 0 Å². The molecular formula is C33H44S. The van der Waals surface area contributed by atoms with Crippen LogP contribution in [0.25, 0.3) is 0 Å². The van der Waals surface area contributed by atoms with Crippen molar-refractivity contribution < 1.29 is 0 Å². The van der Waals surface area contributed by atoms with Crippen molar-refractivity contribution in [2.24, 2.45) is 16.7 Å². The van der Waals surface area contributed by atoms with Crippen LogP contribution in [0.15, 0.2) is 95.3 Å².